The number of hydrogen-bond acceptors (Lipinski definition) is 2. The number of H-pyrrole nitrogens is 1. The standard InChI is InChI=1S/C15H14ClN3/c1-10-5-7-18-15(16)13(10)19-9-12-4-2-3-11-6-8-17-14(11)12/h2-8,17,19H,9H2,1H3. The van der Waals surface area contributed by atoms with Gasteiger partial charge in [0.2, 0.25) is 0 Å². The highest BCUT2D eigenvalue weighted by atomic mass is 35.5. The van der Waals surface area contributed by atoms with Gasteiger partial charge in [0.15, 0.2) is 5.15 Å². The molecule has 0 unspecified atom stereocenters. The molecule has 0 aliphatic rings. The van der Waals surface area contributed by atoms with Crippen LogP contribution in [-0.2, 0) is 6.54 Å². The molecular weight excluding hydrogens is 258 g/mol. The zero-order chi connectivity index (χ0) is 13.2. The van der Waals surface area contributed by atoms with E-state index in [-0.39, 0.29) is 0 Å². The Balaban J connectivity index is 1.88. The topological polar surface area (TPSA) is 40.7 Å². The average Bonchev–Trinajstić information content (AvgIpc) is 2.87. The van der Waals surface area contributed by atoms with E-state index in [1.165, 1.54) is 10.9 Å². The van der Waals surface area contributed by atoms with E-state index >= 15 is 0 Å². The summed E-state index contributed by atoms with van der Waals surface area (Å²) in [5.41, 5.74) is 4.36. The first kappa shape index (κ1) is 12.1. The highest BCUT2D eigenvalue weighted by molar-refractivity contribution is 6.32. The Morgan fingerprint density at radius 2 is 2.16 bits per heavy atom. The number of anilines is 1. The molecule has 0 atom stereocenters. The van der Waals surface area contributed by atoms with Gasteiger partial charge in [0, 0.05) is 18.9 Å². The van der Waals surface area contributed by atoms with Crippen LogP contribution in [0.15, 0.2) is 42.7 Å². The number of hydrogen-bond donors (Lipinski definition) is 2. The number of aromatic nitrogens is 2. The molecule has 0 saturated carbocycles. The highest BCUT2D eigenvalue weighted by Gasteiger charge is 2.06. The van der Waals surface area contributed by atoms with Crippen molar-refractivity contribution in [2.75, 3.05) is 5.32 Å². The third-order valence-electron chi connectivity index (χ3n) is 3.24. The number of halogens is 1. The van der Waals surface area contributed by atoms with Crippen LogP contribution < -0.4 is 5.32 Å². The predicted molar refractivity (Wildman–Crippen MR) is 79.6 cm³/mol. The maximum Gasteiger partial charge on any atom is 0.152 e. The van der Waals surface area contributed by atoms with Crippen molar-refractivity contribution in [3.63, 3.8) is 0 Å². The fourth-order valence-electron chi connectivity index (χ4n) is 2.22. The molecule has 0 spiro atoms. The van der Waals surface area contributed by atoms with Crippen molar-refractivity contribution in [3.05, 3.63) is 59.0 Å². The molecule has 0 radical (unpaired) electrons. The second-order valence-corrected chi connectivity index (χ2v) is 4.86. The Bertz CT molecular complexity index is 698. The Kier molecular flexibility index (Phi) is 3.13. The molecule has 1 aromatic carbocycles. The molecule has 0 bridgehead atoms. The van der Waals surface area contributed by atoms with Crippen molar-refractivity contribution in [1.29, 1.82) is 0 Å². The van der Waals surface area contributed by atoms with Gasteiger partial charge in [-0.25, -0.2) is 4.98 Å². The minimum atomic E-state index is 0.513. The molecule has 4 heteroatoms. The van der Waals surface area contributed by atoms with Crippen molar-refractivity contribution in [1.82, 2.24) is 9.97 Å². The van der Waals surface area contributed by atoms with Crippen LogP contribution in [-0.4, -0.2) is 9.97 Å². The van der Waals surface area contributed by atoms with Crippen LogP contribution in [0.3, 0.4) is 0 Å². The lowest BCUT2D eigenvalue weighted by molar-refractivity contribution is 1.13. The van der Waals surface area contributed by atoms with Crippen molar-refractivity contribution in [2.45, 2.75) is 13.5 Å². The maximum atomic E-state index is 6.11. The summed E-state index contributed by atoms with van der Waals surface area (Å²) in [5.74, 6) is 0. The fourth-order valence-corrected chi connectivity index (χ4v) is 2.49. The molecule has 2 aromatic heterocycles. The Morgan fingerprint density at radius 3 is 3.00 bits per heavy atom. The van der Waals surface area contributed by atoms with E-state index in [2.05, 4.69) is 39.6 Å². The number of nitrogens with one attached hydrogen (secondary N) is 2. The lowest BCUT2D eigenvalue weighted by Gasteiger charge is -2.11. The zero-order valence-electron chi connectivity index (χ0n) is 10.6. The van der Waals surface area contributed by atoms with Crippen LogP contribution in [0.4, 0.5) is 5.69 Å². The number of fused-ring (bicyclic) bond motifs is 1. The van der Waals surface area contributed by atoms with E-state index < -0.39 is 0 Å². The molecule has 2 heterocycles. The molecule has 3 rings (SSSR count). The van der Waals surface area contributed by atoms with E-state index in [9.17, 15) is 0 Å². The van der Waals surface area contributed by atoms with Gasteiger partial charge in [0.05, 0.1) is 11.2 Å². The van der Waals surface area contributed by atoms with Gasteiger partial charge in [0.1, 0.15) is 0 Å². The van der Waals surface area contributed by atoms with E-state index in [0.717, 1.165) is 16.8 Å². The summed E-state index contributed by atoms with van der Waals surface area (Å²) in [6.45, 7) is 2.73. The van der Waals surface area contributed by atoms with Gasteiger partial charge in [-0.1, -0.05) is 29.8 Å². The molecule has 96 valence electrons. The minimum absolute atomic E-state index is 0.513. The van der Waals surface area contributed by atoms with Crippen molar-refractivity contribution in [2.24, 2.45) is 0 Å². The number of rotatable bonds is 3. The molecular formula is C15H14ClN3. The maximum absolute atomic E-state index is 6.11. The summed E-state index contributed by atoms with van der Waals surface area (Å²) in [6, 6.07) is 10.3. The average molecular weight is 272 g/mol. The Morgan fingerprint density at radius 1 is 1.26 bits per heavy atom. The van der Waals surface area contributed by atoms with Crippen LogP contribution in [0.1, 0.15) is 11.1 Å². The molecule has 0 aliphatic heterocycles. The quantitative estimate of drug-likeness (QED) is 0.703. The summed E-state index contributed by atoms with van der Waals surface area (Å²) in [4.78, 5) is 7.36. The summed E-state index contributed by atoms with van der Waals surface area (Å²) in [5, 5.41) is 5.09. The number of nitrogens with zero attached hydrogens (tertiary/aromatic N) is 1. The summed E-state index contributed by atoms with van der Waals surface area (Å²) >= 11 is 6.11. The van der Waals surface area contributed by atoms with Crippen LogP contribution in [0, 0.1) is 6.92 Å². The summed E-state index contributed by atoms with van der Waals surface area (Å²) in [6.07, 6.45) is 3.67. The fraction of sp³-hybridized carbons (Fsp3) is 0.133. The first-order valence-corrected chi connectivity index (χ1v) is 6.53. The number of aromatic amines is 1. The van der Waals surface area contributed by atoms with E-state index in [4.69, 9.17) is 11.6 Å². The molecule has 0 amide bonds. The monoisotopic (exact) mass is 271 g/mol. The molecule has 0 fully saturated rings. The van der Waals surface area contributed by atoms with Crippen molar-refractivity contribution < 1.29 is 0 Å². The van der Waals surface area contributed by atoms with Gasteiger partial charge in [-0.15, -0.1) is 0 Å². The molecule has 0 saturated heterocycles. The number of aryl methyl sites for hydroxylation is 1. The lowest BCUT2D eigenvalue weighted by atomic mass is 10.1. The third-order valence-corrected chi connectivity index (χ3v) is 3.53. The van der Waals surface area contributed by atoms with Crippen LogP contribution >= 0.6 is 11.6 Å². The van der Waals surface area contributed by atoms with Crippen LogP contribution in [0.2, 0.25) is 5.15 Å². The Hall–Kier alpha value is -2.00. The SMILES string of the molecule is Cc1ccnc(Cl)c1NCc1cccc2cc[nH]c12. The first-order chi connectivity index (χ1) is 9.25. The second kappa shape index (κ2) is 4.94. The predicted octanol–water partition coefficient (Wildman–Crippen LogP) is 4.14. The van der Waals surface area contributed by atoms with Gasteiger partial charge >= 0.3 is 0 Å². The number of pyridine rings is 1. The largest absolute Gasteiger partial charge is 0.378 e. The van der Waals surface area contributed by atoms with Gasteiger partial charge in [-0.05, 0) is 35.6 Å². The minimum Gasteiger partial charge on any atom is -0.378 e. The normalized spacial score (nSPS) is 10.8. The van der Waals surface area contributed by atoms with Crippen LogP contribution in [0.25, 0.3) is 10.9 Å². The van der Waals surface area contributed by atoms with Gasteiger partial charge in [0.25, 0.3) is 0 Å². The molecule has 3 nitrogen and oxygen atoms in total. The number of benzene rings is 1. The van der Waals surface area contributed by atoms with Gasteiger partial charge in [-0.2, -0.15) is 0 Å². The van der Waals surface area contributed by atoms with Crippen LogP contribution in [0.5, 0.6) is 0 Å². The van der Waals surface area contributed by atoms with E-state index in [0.29, 0.717) is 11.7 Å². The van der Waals surface area contributed by atoms with Crippen molar-refractivity contribution >= 4 is 28.2 Å². The van der Waals surface area contributed by atoms with Gasteiger partial charge in [-0.3, -0.25) is 0 Å². The van der Waals surface area contributed by atoms with Crippen molar-refractivity contribution in [3.8, 4) is 0 Å². The second-order valence-electron chi connectivity index (χ2n) is 4.51. The Labute approximate surface area is 116 Å². The highest BCUT2D eigenvalue weighted by Crippen LogP contribution is 2.24. The molecule has 2 N–H and O–H groups in total. The summed E-state index contributed by atoms with van der Waals surface area (Å²) in [7, 11) is 0. The first-order valence-electron chi connectivity index (χ1n) is 6.15. The number of para-hydroxylation sites is 1. The lowest BCUT2D eigenvalue weighted by Crippen LogP contribution is -2.03. The molecule has 19 heavy (non-hydrogen) atoms. The molecule has 3 aromatic rings. The third kappa shape index (κ3) is 2.29. The smallest absolute Gasteiger partial charge is 0.152 e. The van der Waals surface area contributed by atoms with E-state index in [1.54, 1.807) is 6.20 Å². The summed E-state index contributed by atoms with van der Waals surface area (Å²) < 4.78 is 0. The van der Waals surface area contributed by atoms with Gasteiger partial charge < -0.3 is 10.3 Å². The van der Waals surface area contributed by atoms with E-state index in [1.807, 2.05) is 19.2 Å². The zero-order valence-corrected chi connectivity index (χ0v) is 11.3. The molecule has 0 aliphatic carbocycles.